The van der Waals surface area contributed by atoms with E-state index in [1.54, 1.807) is 48.2 Å². The summed E-state index contributed by atoms with van der Waals surface area (Å²) in [5, 5.41) is 14.0. The molecule has 4 nitrogen and oxygen atoms in total. The Labute approximate surface area is 188 Å². The Morgan fingerprint density at radius 3 is 2.10 bits per heavy atom. The lowest BCUT2D eigenvalue weighted by Gasteiger charge is -2.49. The van der Waals surface area contributed by atoms with E-state index in [2.05, 4.69) is 5.32 Å². The van der Waals surface area contributed by atoms with Crippen molar-refractivity contribution in [1.82, 2.24) is 5.32 Å². The van der Waals surface area contributed by atoms with Crippen molar-refractivity contribution in [1.29, 1.82) is 0 Å². The molecule has 0 saturated carbocycles. The molecule has 3 aromatic carbocycles. The van der Waals surface area contributed by atoms with E-state index in [-0.39, 0.29) is 29.0 Å². The quantitative estimate of drug-likeness (QED) is 0.310. The van der Waals surface area contributed by atoms with E-state index in [0.29, 0.717) is 16.7 Å². The number of ketones is 1. The molecule has 1 amide bonds. The van der Waals surface area contributed by atoms with Crippen LogP contribution in [0.25, 0.3) is 0 Å². The molecule has 1 heterocycles. The molecule has 0 aromatic heterocycles. The van der Waals surface area contributed by atoms with Gasteiger partial charge < -0.3 is 5.32 Å². The second-order valence-corrected chi connectivity index (χ2v) is 9.14. The molecule has 157 valence electrons. The fraction of sp³-hybridized carbons (Fsp3) is 0.167. The Kier molecular flexibility index (Phi) is 6.07. The third-order valence-corrected chi connectivity index (χ3v) is 7.43. The second-order valence-electron chi connectivity index (χ2n) is 7.17. The minimum atomic E-state index is -0.938. The summed E-state index contributed by atoms with van der Waals surface area (Å²) in [7, 11) is 0. The molecule has 0 unspecified atom stereocenters. The Balaban J connectivity index is 1.62. The van der Waals surface area contributed by atoms with Gasteiger partial charge in [0.05, 0.1) is 5.75 Å². The molecule has 3 aromatic rings. The van der Waals surface area contributed by atoms with Gasteiger partial charge in [0.25, 0.3) is 0 Å². The number of nitrogens with one attached hydrogen (secondary N) is 1. The molecule has 31 heavy (non-hydrogen) atoms. The van der Waals surface area contributed by atoms with Crippen molar-refractivity contribution in [2.45, 2.75) is 15.7 Å². The van der Waals surface area contributed by atoms with E-state index in [1.807, 2.05) is 18.4 Å². The number of β-lactam (4-membered cyclic amide) rings is 1. The maximum atomic E-state index is 13.5. The number of rotatable bonds is 7. The van der Waals surface area contributed by atoms with Crippen molar-refractivity contribution < 1.29 is 19.1 Å². The number of amides is 1. The minimum Gasteiger partial charge on any atom is -0.340 e. The van der Waals surface area contributed by atoms with Crippen LogP contribution in [0.4, 0.5) is 4.39 Å². The summed E-state index contributed by atoms with van der Waals surface area (Å²) in [6.45, 7) is 0. The van der Waals surface area contributed by atoms with E-state index in [0.717, 1.165) is 4.90 Å². The van der Waals surface area contributed by atoms with Crippen LogP contribution in [-0.4, -0.2) is 28.9 Å². The van der Waals surface area contributed by atoms with Crippen molar-refractivity contribution in [3.05, 3.63) is 95.3 Å². The number of hydrogen-bond donors (Lipinski definition) is 1. The summed E-state index contributed by atoms with van der Waals surface area (Å²) in [5.74, 6) is -0.671. The molecule has 0 aliphatic carbocycles. The summed E-state index contributed by atoms with van der Waals surface area (Å²) < 4.78 is 13.5. The summed E-state index contributed by atoms with van der Waals surface area (Å²) in [6.07, 6.45) is 1.97. The Morgan fingerprint density at radius 1 is 0.968 bits per heavy atom. The molecule has 1 saturated heterocycles. The van der Waals surface area contributed by atoms with Crippen LogP contribution in [-0.2, 0) is 15.4 Å². The first kappa shape index (κ1) is 21.5. The van der Waals surface area contributed by atoms with Crippen LogP contribution >= 0.6 is 23.5 Å². The van der Waals surface area contributed by atoms with Gasteiger partial charge in [0.1, 0.15) is 16.6 Å². The molecule has 1 N–H and O–H groups in total. The number of benzene rings is 3. The normalized spacial score (nSPS) is 20.1. The van der Waals surface area contributed by atoms with Crippen LogP contribution in [0.1, 0.15) is 21.5 Å². The second kappa shape index (κ2) is 8.77. The first-order chi connectivity index (χ1) is 14.9. The lowest BCUT2D eigenvalue weighted by molar-refractivity contribution is -0.130. The lowest BCUT2D eigenvalue weighted by Crippen LogP contribution is -2.69. The van der Waals surface area contributed by atoms with Gasteiger partial charge in [-0.05, 0) is 53.8 Å². The topological polar surface area (TPSA) is 66.1 Å². The Hall–Kier alpha value is -2.77. The van der Waals surface area contributed by atoms with Gasteiger partial charge in [-0.3, -0.25) is 14.7 Å². The van der Waals surface area contributed by atoms with E-state index in [1.165, 1.54) is 36.0 Å². The predicted octanol–water partition coefficient (Wildman–Crippen LogP) is 5.05. The maximum Gasteiger partial charge on any atom is 0.237 e. The number of Topliss-reactive ketones (excluding diaryl/α,β-unsaturated/α-hetero) is 1. The molecule has 2 atom stereocenters. The zero-order valence-electron chi connectivity index (χ0n) is 16.6. The van der Waals surface area contributed by atoms with Gasteiger partial charge in [-0.25, -0.2) is 4.39 Å². The molecule has 0 spiro atoms. The third kappa shape index (κ3) is 4.07. The van der Waals surface area contributed by atoms with Gasteiger partial charge >= 0.3 is 0 Å². The van der Waals surface area contributed by atoms with Crippen molar-refractivity contribution in [3.63, 3.8) is 0 Å². The van der Waals surface area contributed by atoms with Gasteiger partial charge in [-0.2, -0.15) is 0 Å². The van der Waals surface area contributed by atoms with E-state index in [4.69, 9.17) is 0 Å². The average molecular weight is 453 g/mol. The van der Waals surface area contributed by atoms with Gasteiger partial charge in [0.2, 0.25) is 5.91 Å². The molecular formula is C24H19FNO3S2. The van der Waals surface area contributed by atoms with Crippen LogP contribution < -0.4 is 5.32 Å². The average Bonchev–Trinajstić information content (AvgIpc) is 2.78. The van der Waals surface area contributed by atoms with Crippen LogP contribution in [0, 0.1) is 5.82 Å². The highest BCUT2D eigenvalue weighted by Crippen LogP contribution is 2.45. The number of halogens is 1. The van der Waals surface area contributed by atoms with Crippen molar-refractivity contribution in [3.8, 4) is 5.75 Å². The van der Waals surface area contributed by atoms with E-state index in [9.17, 15) is 19.1 Å². The largest absolute Gasteiger partial charge is 0.340 e. The molecule has 1 aliphatic heterocycles. The fourth-order valence-electron chi connectivity index (χ4n) is 3.71. The first-order valence-corrected chi connectivity index (χ1v) is 11.9. The highest BCUT2D eigenvalue weighted by Gasteiger charge is 2.56. The van der Waals surface area contributed by atoms with Gasteiger partial charge in [-0.1, -0.05) is 36.4 Å². The zero-order chi connectivity index (χ0) is 22.0. The Bertz CT molecular complexity index is 1050. The van der Waals surface area contributed by atoms with Crippen molar-refractivity contribution >= 4 is 35.2 Å². The standard InChI is InChI=1S/C24H19FNO3S2/c1-30-20-12-2-15(3-13-20)21(28)14-31-22-23(29)26-24(22,16-4-8-18(25)9-5-16)17-6-10-19(27)11-7-17/h2-13,22H,14H2,1H3,(H,26,29)/t22-,24-/m0/s1. The monoisotopic (exact) mass is 452 g/mol. The van der Waals surface area contributed by atoms with Gasteiger partial charge in [0, 0.05) is 10.5 Å². The summed E-state index contributed by atoms with van der Waals surface area (Å²) in [4.78, 5) is 26.4. The number of carbonyl (C=O) groups excluding carboxylic acids is 2. The molecular weight excluding hydrogens is 433 g/mol. The highest BCUT2D eigenvalue weighted by molar-refractivity contribution is 8.01. The van der Waals surface area contributed by atoms with Crippen LogP contribution in [0.2, 0.25) is 0 Å². The summed E-state index contributed by atoms with van der Waals surface area (Å²) >= 11 is 2.85. The molecule has 1 aliphatic rings. The zero-order valence-corrected chi connectivity index (χ0v) is 18.3. The molecule has 7 heteroatoms. The smallest absolute Gasteiger partial charge is 0.237 e. The number of thioether (sulfide) groups is 2. The minimum absolute atomic E-state index is 0.0692. The highest BCUT2D eigenvalue weighted by atomic mass is 32.2. The summed E-state index contributed by atoms with van der Waals surface area (Å²) in [6, 6.07) is 19.5. The Morgan fingerprint density at radius 2 is 1.55 bits per heavy atom. The number of hydrogen-bond acceptors (Lipinski definition) is 4. The van der Waals surface area contributed by atoms with Crippen molar-refractivity contribution in [2.24, 2.45) is 0 Å². The van der Waals surface area contributed by atoms with Gasteiger partial charge in [-0.15, -0.1) is 23.5 Å². The summed E-state index contributed by atoms with van der Waals surface area (Å²) in [5.41, 5.74) is 1.06. The molecule has 4 rings (SSSR count). The van der Waals surface area contributed by atoms with Crippen LogP contribution in [0.5, 0.6) is 5.75 Å². The third-order valence-electron chi connectivity index (χ3n) is 5.35. The predicted molar refractivity (Wildman–Crippen MR) is 121 cm³/mol. The number of carbonyl (C=O) groups is 2. The lowest BCUT2D eigenvalue weighted by atomic mass is 9.74. The van der Waals surface area contributed by atoms with E-state index < -0.39 is 10.8 Å². The fourth-order valence-corrected chi connectivity index (χ4v) is 5.39. The molecule has 1 radical (unpaired) electrons. The van der Waals surface area contributed by atoms with Crippen LogP contribution in [0.15, 0.2) is 77.7 Å². The molecule has 1 fully saturated rings. The molecule has 0 bridgehead atoms. The van der Waals surface area contributed by atoms with E-state index >= 15 is 0 Å². The van der Waals surface area contributed by atoms with Gasteiger partial charge in [0.15, 0.2) is 11.5 Å². The maximum absolute atomic E-state index is 13.5. The first-order valence-electron chi connectivity index (χ1n) is 9.58. The SMILES string of the molecule is CSc1ccc(C(=O)CS[C@H]2C(=O)N[C@]2(c2ccc([O])cc2)c2ccc(F)cc2)cc1. The van der Waals surface area contributed by atoms with Crippen molar-refractivity contribution in [2.75, 3.05) is 12.0 Å². The van der Waals surface area contributed by atoms with Crippen LogP contribution in [0.3, 0.4) is 0 Å².